The number of nitrogens with one attached hydrogen (secondary N) is 1. The number of anilines is 1. The van der Waals surface area contributed by atoms with Crippen molar-refractivity contribution in [2.24, 2.45) is 5.92 Å². The molecule has 1 amide bonds. The van der Waals surface area contributed by atoms with E-state index < -0.39 is 33.6 Å². The van der Waals surface area contributed by atoms with Crippen LogP contribution in [-0.2, 0) is 0 Å². The van der Waals surface area contributed by atoms with Gasteiger partial charge < -0.3 is 11.1 Å². The van der Waals surface area contributed by atoms with Crippen molar-refractivity contribution in [2.75, 3.05) is 5.73 Å². The number of nitrogens with two attached hydrogens (primary N) is 1. The van der Waals surface area contributed by atoms with Crippen LogP contribution in [0.4, 0.5) is 15.8 Å². The second kappa shape index (κ2) is 5.44. The number of halogens is 1. The number of carbonyl (C=O) groups is 1. The van der Waals surface area contributed by atoms with E-state index in [4.69, 9.17) is 5.73 Å². The molecule has 0 radical (unpaired) electrons. The molecule has 2 unspecified atom stereocenters. The number of carbonyl (C=O) groups excluding carboxylic acids is 1. The second-order valence-electron chi connectivity index (χ2n) is 5.20. The molecule has 0 heterocycles. The van der Waals surface area contributed by atoms with Gasteiger partial charge in [0.2, 0.25) is 0 Å². The van der Waals surface area contributed by atoms with Crippen molar-refractivity contribution in [1.82, 2.24) is 5.32 Å². The van der Waals surface area contributed by atoms with Crippen molar-refractivity contribution in [2.45, 2.75) is 32.2 Å². The van der Waals surface area contributed by atoms with Gasteiger partial charge in [0.15, 0.2) is 0 Å². The lowest BCUT2D eigenvalue weighted by atomic mass is 10.1. The van der Waals surface area contributed by atoms with Crippen LogP contribution < -0.4 is 11.1 Å². The van der Waals surface area contributed by atoms with Gasteiger partial charge in [0, 0.05) is 12.1 Å². The molecule has 1 aromatic carbocycles. The van der Waals surface area contributed by atoms with Crippen LogP contribution >= 0.6 is 0 Å². The largest absolute Gasteiger partial charge is 0.392 e. The van der Waals surface area contributed by atoms with Gasteiger partial charge >= 0.3 is 0 Å². The molecule has 0 aliphatic heterocycles. The van der Waals surface area contributed by atoms with E-state index in [2.05, 4.69) is 12.2 Å². The molecule has 7 heteroatoms. The van der Waals surface area contributed by atoms with Gasteiger partial charge in [-0.15, -0.1) is 0 Å². The number of nitro groups is 1. The van der Waals surface area contributed by atoms with Gasteiger partial charge in [-0.3, -0.25) is 14.9 Å². The summed E-state index contributed by atoms with van der Waals surface area (Å²) in [5, 5.41) is 13.5. The second-order valence-corrected chi connectivity index (χ2v) is 5.20. The van der Waals surface area contributed by atoms with E-state index in [1.54, 1.807) is 0 Å². The first kappa shape index (κ1) is 14.2. The van der Waals surface area contributed by atoms with E-state index >= 15 is 0 Å². The molecule has 1 saturated carbocycles. The van der Waals surface area contributed by atoms with Crippen LogP contribution in [0.25, 0.3) is 0 Å². The first-order valence-electron chi connectivity index (χ1n) is 6.43. The third kappa shape index (κ3) is 2.71. The maximum Gasteiger partial charge on any atom is 0.293 e. The summed E-state index contributed by atoms with van der Waals surface area (Å²) in [7, 11) is 0. The molecule has 1 aliphatic rings. The fraction of sp³-hybridized carbons (Fsp3) is 0.462. The Morgan fingerprint density at radius 1 is 1.50 bits per heavy atom. The molecular formula is C13H16FN3O3. The molecule has 0 saturated heterocycles. The van der Waals surface area contributed by atoms with E-state index in [-0.39, 0.29) is 6.04 Å². The highest BCUT2D eigenvalue weighted by molar-refractivity contribution is 6.01. The number of nitro benzene ring substituents is 1. The summed E-state index contributed by atoms with van der Waals surface area (Å²) in [4.78, 5) is 22.1. The van der Waals surface area contributed by atoms with Crippen LogP contribution in [-0.4, -0.2) is 16.9 Å². The zero-order chi connectivity index (χ0) is 14.9. The number of hydrogen-bond donors (Lipinski definition) is 2. The normalized spacial score (nSPS) is 21.7. The summed E-state index contributed by atoms with van der Waals surface area (Å²) >= 11 is 0. The number of nitrogen functional groups attached to an aromatic ring is 1. The third-order valence-corrected chi connectivity index (χ3v) is 3.63. The predicted octanol–water partition coefficient (Wildman–Crippen LogP) is 2.23. The average molecular weight is 281 g/mol. The zero-order valence-electron chi connectivity index (χ0n) is 11.1. The van der Waals surface area contributed by atoms with Crippen LogP contribution in [0.1, 0.15) is 36.5 Å². The summed E-state index contributed by atoms with van der Waals surface area (Å²) in [6.07, 6.45) is 2.64. The minimum atomic E-state index is -0.850. The van der Waals surface area contributed by atoms with Crippen molar-refractivity contribution in [1.29, 1.82) is 0 Å². The lowest BCUT2D eigenvalue weighted by molar-refractivity contribution is -0.384. The lowest BCUT2D eigenvalue weighted by Crippen LogP contribution is -2.34. The third-order valence-electron chi connectivity index (χ3n) is 3.63. The van der Waals surface area contributed by atoms with Gasteiger partial charge in [-0.2, -0.15) is 0 Å². The molecule has 3 N–H and O–H groups in total. The summed E-state index contributed by atoms with van der Waals surface area (Å²) in [6, 6.07) is 1.82. The van der Waals surface area contributed by atoms with E-state index in [0.717, 1.165) is 31.4 Å². The van der Waals surface area contributed by atoms with Crippen LogP contribution in [0.5, 0.6) is 0 Å². The minimum Gasteiger partial charge on any atom is -0.392 e. The minimum absolute atomic E-state index is 0.0319. The van der Waals surface area contributed by atoms with Gasteiger partial charge in [-0.1, -0.05) is 6.92 Å². The summed E-state index contributed by atoms with van der Waals surface area (Å²) in [5.41, 5.74) is 4.21. The SMILES string of the molecule is CC1CCC(NC(=O)c2c(F)ccc([N+](=O)[O-])c2N)C1. The van der Waals surface area contributed by atoms with E-state index in [0.29, 0.717) is 5.92 Å². The van der Waals surface area contributed by atoms with Crippen molar-refractivity contribution in [3.05, 3.63) is 33.6 Å². The number of hydrogen-bond acceptors (Lipinski definition) is 4. The zero-order valence-corrected chi connectivity index (χ0v) is 11.1. The van der Waals surface area contributed by atoms with Gasteiger partial charge in [0.1, 0.15) is 17.1 Å². The van der Waals surface area contributed by atoms with E-state index in [1.165, 1.54) is 0 Å². The van der Waals surface area contributed by atoms with Crippen LogP contribution in [0, 0.1) is 21.8 Å². The summed E-state index contributed by atoms with van der Waals surface area (Å²) in [5.74, 6) is -1.04. The fourth-order valence-electron chi connectivity index (χ4n) is 2.57. The monoisotopic (exact) mass is 281 g/mol. The molecule has 1 aliphatic carbocycles. The highest BCUT2D eigenvalue weighted by atomic mass is 19.1. The number of amides is 1. The Morgan fingerprint density at radius 3 is 2.75 bits per heavy atom. The Kier molecular flexibility index (Phi) is 3.87. The first-order chi connectivity index (χ1) is 9.40. The van der Waals surface area contributed by atoms with Crippen LogP contribution in [0.15, 0.2) is 12.1 Å². The molecule has 1 fully saturated rings. The Hall–Kier alpha value is -2.18. The topological polar surface area (TPSA) is 98.3 Å². The Balaban J connectivity index is 2.25. The Labute approximate surface area is 115 Å². The first-order valence-corrected chi connectivity index (χ1v) is 6.43. The molecule has 2 atom stereocenters. The van der Waals surface area contributed by atoms with E-state index in [9.17, 15) is 19.3 Å². The van der Waals surface area contributed by atoms with Crippen LogP contribution in [0.3, 0.4) is 0 Å². The lowest BCUT2D eigenvalue weighted by Gasteiger charge is -2.14. The molecule has 1 aromatic rings. The molecule has 0 aromatic heterocycles. The quantitative estimate of drug-likeness (QED) is 0.504. The molecule has 20 heavy (non-hydrogen) atoms. The standard InChI is InChI=1S/C13H16FN3O3/c1-7-2-3-8(6-7)16-13(18)11-9(14)4-5-10(12(11)15)17(19)20/h4-5,7-8H,2-3,6,15H2,1H3,(H,16,18). The van der Waals surface area contributed by atoms with Crippen molar-refractivity contribution in [3.63, 3.8) is 0 Å². The number of rotatable bonds is 3. The maximum absolute atomic E-state index is 13.7. The smallest absolute Gasteiger partial charge is 0.293 e. The molecular weight excluding hydrogens is 265 g/mol. The molecule has 6 nitrogen and oxygen atoms in total. The fourth-order valence-corrected chi connectivity index (χ4v) is 2.57. The molecule has 2 rings (SSSR count). The van der Waals surface area contributed by atoms with Crippen molar-refractivity contribution in [3.8, 4) is 0 Å². The van der Waals surface area contributed by atoms with Gasteiger partial charge in [0.05, 0.1) is 4.92 Å². The van der Waals surface area contributed by atoms with Crippen molar-refractivity contribution < 1.29 is 14.1 Å². The van der Waals surface area contributed by atoms with E-state index in [1.807, 2.05) is 0 Å². The van der Waals surface area contributed by atoms with Gasteiger partial charge in [0.25, 0.3) is 11.6 Å². The van der Waals surface area contributed by atoms with Gasteiger partial charge in [-0.25, -0.2) is 4.39 Å². The summed E-state index contributed by atoms with van der Waals surface area (Å²) < 4.78 is 13.7. The highest BCUT2D eigenvalue weighted by Crippen LogP contribution is 2.29. The highest BCUT2D eigenvalue weighted by Gasteiger charge is 2.27. The maximum atomic E-state index is 13.7. The average Bonchev–Trinajstić information content (AvgIpc) is 2.74. The Morgan fingerprint density at radius 2 is 2.20 bits per heavy atom. The summed E-state index contributed by atoms with van der Waals surface area (Å²) in [6.45, 7) is 2.08. The molecule has 0 spiro atoms. The predicted molar refractivity (Wildman–Crippen MR) is 71.7 cm³/mol. The molecule has 0 bridgehead atoms. The van der Waals surface area contributed by atoms with Crippen molar-refractivity contribution >= 4 is 17.3 Å². The Bertz CT molecular complexity index is 562. The number of benzene rings is 1. The van der Waals surface area contributed by atoms with Gasteiger partial charge in [-0.05, 0) is 31.2 Å². The van der Waals surface area contributed by atoms with Crippen LogP contribution in [0.2, 0.25) is 0 Å². The molecule has 108 valence electrons. The number of nitrogens with zero attached hydrogens (tertiary/aromatic N) is 1.